The normalized spacial score (nSPS) is 19.3. The van der Waals surface area contributed by atoms with Crippen molar-refractivity contribution >= 4 is 28.7 Å². The second kappa shape index (κ2) is 7.52. The van der Waals surface area contributed by atoms with Crippen LogP contribution in [0.2, 0.25) is 0 Å². The van der Waals surface area contributed by atoms with Crippen molar-refractivity contribution in [2.24, 2.45) is 0 Å². The molecule has 1 aromatic carbocycles. The van der Waals surface area contributed by atoms with Crippen LogP contribution >= 0.6 is 11.8 Å². The highest BCUT2D eigenvalue weighted by atomic mass is 32.2. The van der Waals surface area contributed by atoms with Gasteiger partial charge in [-0.3, -0.25) is 9.36 Å². The number of benzene rings is 1. The molecule has 1 saturated carbocycles. The van der Waals surface area contributed by atoms with E-state index in [9.17, 15) is 13.6 Å². The van der Waals surface area contributed by atoms with Gasteiger partial charge in [-0.15, -0.1) is 0 Å². The molecule has 1 amide bonds. The Bertz CT molecular complexity index is 785. The molecule has 26 heavy (non-hydrogen) atoms. The lowest BCUT2D eigenvalue weighted by atomic mass is 10.1. The van der Waals surface area contributed by atoms with Gasteiger partial charge in [0, 0.05) is 25.2 Å². The van der Waals surface area contributed by atoms with Gasteiger partial charge >= 0.3 is 6.55 Å². The molecule has 8 heteroatoms. The van der Waals surface area contributed by atoms with E-state index in [2.05, 4.69) is 15.2 Å². The lowest BCUT2D eigenvalue weighted by molar-refractivity contribution is -0.119. The molecule has 0 unspecified atom stereocenters. The highest BCUT2D eigenvalue weighted by Gasteiger charge is 2.32. The van der Waals surface area contributed by atoms with Crippen LogP contribution in [0, 0.1) is 0 Å². The van der Waals surface area contributed by atoms with Crippen LogP contribution in [0.4, 0.5) is 8.78 Å². The van der Waals surface area contributed by atoms with Gasteiger partial charge < -0.3 is 10.2 Å². The Morgan fingerprint density at radius 1 is 1.23 bits per heavy atom. The number of hydrogen-bond acceptors (Lipinski definition) is 4. The molecule has 1 aliphatic carbocycles. The summed E-state index contributed by atoms with van der Waals surface area (Å²) in [6, 6.07) is 7.74. The Labute approximate surface area is 155 Å². The smallest absolute Gasteiger partial charge is 0.321 e. The van der Waals surface area contributed by atoms with Gasteiger partial charge in [-0.2, -0.15) is 8.78 Å². The molecule has 5 nitrogen and oxygen atoms in total. The molecule has 2 fully saturated rings. The average molecular weight is 380 g/mol. The SMILES string of the molecule is O=C(CSc1nc2ccccc2n1C(F)F)NC1CCN(C2CC2)CC1. The third kappa shape index (κ3) is 3.86. The number of amides is 1. The number of carbonyl (C=O) groups is 1. The number of aromatic nitrogens is 2. The maximum Gasteiger partial charge on any atom is 0.321 e. The van der Waals surface area contributed by atoms with E-state index in [-0.39, 0.29) is 22.9 Å². The fraction of sp³-hybridized carbons (Fsp3) is 0.556. The molecule has 1 aliphatic heterocycles. The first-order valence-corrected chi connectivity index (χ1v) is 10.0. The number of likely N-dealkylation sites (tertiary alicyclic amines) is 1. The number of halogens is 2. The minimum absolute atomic E-state index is 0.0961. The highest BCUT2D eigenvalue weighted by Crippen LogP contribution is 2.30. The maximum absolute atomic E-state index is 13.4. The summed E-state index contributed by atoms with van der Waals surface area (Å²) in [5, 5.41) is 3.22. The second-order valence-corrected chi connectivity index (χ2v) is 7.87. The molecule has 4 rings (SSSR count). The van der Waals surface area contributed by atoms with Crippen molar-refractivity contribution in [2.45, 2.75) is 49.5 Å². The van der Waals surface area contributed by atoms with Crippen molar-refractivity contribution in [3.8, 4) is 0 Å². The summed E-state index contributed by atoms with van der Waals surface area (Å²) in [7, 11) is 0. The molecule has 0 atom stereocenters. The maximum atomic E-state index is 13.4. The van der Waals surface area contributed by atoms with Crippen LogP contribution < -0.4 is 5.32 Å². The third-order valence-electron chi connectivity index (χ3n) is 5.05. The molecular weight excluding hydrogens is 358 g/mol. The number of fused-ring (bicyclic) bond motifs is 1. The quantitative estimate of drug-likeness (QED) is 0.782. The summed E-state index contributed by atoms with van der Waals surface area (Å²) in [5.41, 5.74) is 0.904. The number of rotatable bonds is 6. The fourth-order valence-electron chi connectivity index (χ4n) is 3.56. The number of para-hydroxylation sites is 2. The first kappa shape index (κ1) is 17.7. The molecule has 0 spiro atoms. The largest absolute Gasteiger partial charge is 0.353 e. The van der Waals surface area contributed by atoms with E-state index in [0.29, 0.717) is 11.0 Å². The van der Waals surface area contributed by atoms with Gasteiger partial charge in [0.05, 0.1) is 16.8 Å². The van der Waals surface area contributed by atoms with Crippen LogP contribution in [0.3, 0.4) is 0 Å². The van der Waals surface area contributed by atoms with Gasteiger partial charge in [0.1, 0.15) is 0 Å². The molecule has 140 valence electrons. The Hall–Kier alpha value is -1.67. The minimum atomic E-state index is -2.68. The molecule has 1 N–H and O–H groups in total. The predicted octanol–water partition coefficient (Wildman–Crippen LogP) is 3.27. The standard InChI is InChI=1S/C18H22F2N4OS/c19-17(20)24-15-4-2-1-3-14(15)22-18(24)26-11-16(25)21-12-7-9-23(10-8-12)13-5-6-13/h1-4,12-13,17H,5-11H2,(H,21,25). The number of piperidine rings is 1. The Morgan fingerprint density at radius 3 is 2.65 bits per heavy atom. The van der Waals surface area contributed by atoms with Crippen molar-refractivity contribution in [3.63, 3.8) is 0 Å². The van der Waals surface area contributed by atoms with Crippen molar-refractivity contribution in [1.82, 2.24) is 19.8 Å². The molecule has 2 aromatic rings. The number of thioether (sulfide) groups is 1. The van der Waals surface area contributed by atoms with Crippen LogP contribution in [0.15, 0.2) is 29.4 Å². The van der Waals surface area contributed by atoms with E-state index in [4.69, 9.17) is 0 Å². The van der Waals surface area contributed by atoms with Crippen molar-refractivity contribution < 1.29 is 13.6 Å². The van der Waals surface area contributed by atoms with Gasteiger partial charge in [0.2, 0.25) is 5.91 Å². The Balaban J connectivity index is 1.33. The molecule has 2 aliphatic rings. The van der Waals surface area contributed by atoms with Crippen molar-refractivity contribution in [1.29, 1.82) is 0 Å². The van der Waals surface area contributed by atoms with Crippen LogP contribution in [0.25, 0.3) is 11.0 Å². The average Bonchev–Trinajstić information content (AvgIpc) is 3.40. The summed E-state index contributed by atoms with van der Waals surface area (Å²) in [6.07, 6.45) is 4.53. The first-order chi connectivity index (χ1) is 12.6. The summed E-state index contributed by atoms with van der Waals surface area (Å²) < 4.78 is 27.7. The summed E-state index contributed by atoms with van der Waals surface area (Å²) in [5.74, 6) is -0.0217. The second-order valence-electron chi connectivity index (χ2n) is 6.93. The van der Waals surface area contributed by atoms with E-state index in [1.165, 1.54) is 12.8 Å². The highest BCUT2D eigenvalue weighted by molar-refractivity contribution is 7.99. The predicted molar refractivity (Wildman–Crippen MR) is 97.5 cm³/mol. The fourth-order valence-corrected chi connectivity index (χ4v) is 4.38. The summed E-state index contributed by atoms with van der Waals surface area (Å²) >= 11 is 1.06. The monoisotopic (exact) mass is 380 g/mol. The van der Waals surface area contributed by atoms with Gasteiger partial charge in [-0.1, -0.05) is 23.9 Å². The number of nitrogens with zero attached hydrogens (tertiary/aromatic N) is 3. The van der Waals surface area contributed by atoms with E-state index in [1.807, 2.05) is 0 Å². The zero-order valence-corrected chi connectivity index (χ0v) is 15.2. The zero-order valence-electron chi connectivity index (χ0n) is 14.4. The minimum Gasteiger partial charge on any atom is -0.353 e. The Morgan fingerprint density at radius 2 is 1.96 bits per heavy atom. The summed E-state index contributed by atoms with van der Waals surface area (Å²) in [4.78, 5) is 19.0. The van der Waals surface area contributed by atoms with E-state index >= 15 is 0 Å². The molecule has 1 saturated heterocycles. The van der Waals surface area contributed by atoms with Crippen molar-refractivity contribution in [3.05, 3.63) is 24.3 Å². The lowest BCUT2D eigenvalue weighted by Gasteiger charge is -2.32. The molecule has 0 radical (unpaired) electrons. The van der Waals surface area contributed by atoms with Crippen LogP contribution in [-0.2, 0) is 4.79 Å². The first-order valence-electron chi connectivity index (χ1n) is 9.03. The van der Waals surface area contributed by atoms with Gasteiger partial charge in [0.25, 0.3) is 0 Å². The topological polar surface area (TPSA) is 50.2 Å². The molecular formula is C18H22F2N4OS. The number of alkyl halides is 2. The lowest BCUT2D eigenvalue weighted by Crippen LogP contribution is -2.45. The third-order valence-corrected chi connectivity index (χ3v) is 6.00. The number of nitrogens with one attached hydrogen (secondary N) is 1. The number of carbonyl (C=O) groups excluding carboxylic acids is 1. The van der Waals surface area contributed by atoms with Crippen LogP contribution in [0.1, 0.15) is 32.2 Å². The van der Waals surface area contributed by atoms with E-state index in [0.717, 1.165) is 48.3 Å². The van der Waals surface area contributed by atoms with Gasteiger partial charge in [0.15, 0.2) is 5.16 Å². The molecule has 1 aromatic heterocycles. The van der Waals surface area contributed by atoms with E-state index in [1.54, 1.807) is 24.3 Å². The summed E-state index contributed by atoms with van der Waals surface area (Å²) in [6.45, 7) is -0.617. The molecule has 0 bridgehead atoms. The van der Waals surface area contributed by atoms with Gasteiger partial charge in [-0.05, 0) is 37.8 Å². The zero-order chi connectivity index (χ0) is 18.1. The number of imidazole rings is 1. The van der Waals surface area contributed by atoms with Crippen LogP contribution in [-0.4, -0.2) is 51.3 Å². The Kier molecular flexibility index (Phi) is 5.13. The number of hydrogen-bond donors (Lipinski definition) is 1. The van der Waals surface area contributed by atoms with E-state index < -0.39 is 6.55 Å². The van der Waals surface area contributed by atoms with Crippen LogP contribution in [0.5, 0.6) is 0 Å². The van der Waals surface area contributed by atoms with Gasteiger partial charge in [-0.25, -0.2) is 4.98 Å². The van der Waals surface area contributed by atoms with Crippen molar-refractivity contribution in [2.75, 3.05) is 18.8 Å². The molecule has 2 heterocycles.